The molecule has 1 N–H and O–H groups in total. The highest BCUT2D eigenvalue weighted by molar-refractivity contribution is 5.97. The minimum atomic E-state index is -0.174. The molecule has 0 unspecified atom stereocenters. The van der Waals surface area contributed by atoms with Crippen molar-refractivity contribution in [1.82, 2.24) is 10.2 Å². The normalized spacial score (nSPS) is 14.8. The van der Waals surface area contributed by atoms with Crippen molar-refractivity contribution >= 4 is 17.5 Å². The number of rotatable bonds is 8. The van der Waals surface area contributed by atoms with Crippen LogP contribution >= 0.6 is 0 Å². The monoisotopic (exact) mass is 349 g/mol. The van der Waals surface area contributed by atoms with E-state index in [4.69, 9.17) is 9.47 Å². The summed E-state index contributed by atoms with van der Waals surface area (Å²) < 4.78 is 10.7. The first-order valence-electron chi connectivity index (χ1n) is 8.68. The molecule has 0 saturated carbocycles. The summed E-state index contributed by atoms with van der Waals surface area (Å²) in [6.45, 7) is 8.57. The highest BCUT2D eigenvalue weighted by Gasteiger charge is 2.16. The lowest BCUT2D eigenvalue weighted by Gasteiger charge is -2.26. The summed E-state index contributed by atoms with van der Waals surface area (Å²) in [5.74, 6) is 0.398. The lowest BCUT2D eigenvalue weighted by Crippen LogP contribution is -2.44. The van der Waals surface area contributed by atoms with Gasteiger partial charge in [0.15, 0.2) is 0 Å². The molecule has 0 aliphatic carbocycles. The van der Waals surface area contributed by atoms with Gasteiger partial charge < -0.3 is 19.7 Å². The fourth-order valence-corrected chi connectivity index (χ4v) is 2.65. The number of ether oxygens (including phenoxy) is 2. The minimum Gasteiger partial charge on any atom is -0.494 e. The Kier molecular flexibility index (Phi) is 7.69. The molecule has 1 saturated heterocycles. The van der Waals surface area contributed by atoms with Crippen molar-refractivity contribution < 1.29 is 19.1 Å². The van der Waals surface area contributed by atoms with Crippen LogP contribution in [0.2, 0.25) is 0 Å². The molecule has 1 aliphatic heterocycles. The summed E-state index contributed by atoms with van der Waals surface area (Å²) in [5, 5.41) is 2.88. The zero-order chi connectivity index (χ0) is 18.1. The Morgan fingerprint density at radius 1 is 1.24 bits per heavy atom. The van der Waals surface area contributed by atoms with Gasteiger partial charge in [-0.15, -0.1) is 0 Å². The molecule has 0 bridgehead atoms. The average molecular weight is 349 g/mol. The van der Waals surface area contributed by atoms with Gasteiger partial charge in [0.25, 0.3) is 0 Å². The number of nitrogens with zero attached hydrogens (tertiary/aromatic N) is 2. The molecule has 138 valence electrons. The summed E-state index contributed by atoms with van der Waals surface area (Å²) >= 11 is 0. The third-order valence-corrected chi connectivity index (χ3v) is 4.00. The lowest BCUT2D eigenvalue weighted by atomic mass is 10.2. The van der Waals surface area contributed by atoms with Crippen LogP contribution in [0, 0.1) is 0 Å². The van der Waals surface area contributed by atoms with Crippen LogP contribution in [0.25, 0.3) is 0 Å². The minimum absolute atomic E-state index is 0.00638. The van der Waals surface area contributed by atoms with E-state index in [1.165, 1.54) is 11.8 Å². The number of carbonyl (C=O) groups is 2. The molecule has 7 heteroatoms. The van der Waals surface area contributed by atoms with Crippen LogP contribution in [0.3, 0.4) is 0 Å². The van der Waals surface area contributed by atoms with Crippen molar-refractivity contribution in [3.63, 3.8) is 0 Å². The second-order valence-electron chi connectivity index (χ2n) is 5.84. The van der Waals surface area contributed by atoms with Gasteiger partial charge in [0, 0.05) is 38.8 Å². The third-order valence-electron chi connectivity index (χ3n) is 4.00. The first-order valence-corrected chi connectivity index (χ1v) is 8.68. The van der Waals surface area contributed by atoms with E-state index in [0.717, 1.165) is 38.6 Å². The maximum Gasteiger partial charge on any atom is 0.240 e. The average Bonchev–Trinajstić information content (AvgIpc) is 2.61. The number of amides is 2. The second-order valence-corrected chi connectivity index (χ2v) is 5.84. The smallest absolute Gasteiger partial charge is 0.240 e. The van der Waals surface area contributed by atoms with Crippen LogP contribution in [0.15, 0.2) is 24.3 Å². The number of benzene rings is 1. The van der Waals surface area contributed by atoms with Gasteiger partial charge in [0.1, 0.15) is 12.3 Å². The standard InChI is InChI=1S/C18H27N3O4/c1-3-25-17-6-4-16(5-7-17)21(15(2)22)14-18(23)19-8-9-20-10-12-24-13-11-20/h4-7H,3,8-14H2,1-2H3,(H,19,23). The Balaban J connectivity index is 1.83. The molecule has 1 aliphatic rings. The van der Waals surface area contributed by atoms with E-state index >= 15 is 0 Å². The Morgan fingerprint density at radius 3 is 2.52 bits per heavy atom. The van der Waals surface area contributed by atoms with Crippen molar-refractivity contribution in [1.29, 1.82) is 0 Å². The van der Waals surface area contributed by atoms with Gasteiger partial charge in [0.05, 0.1) is 19.8 Å². The molecule has 0 radical (unpaired) electrons. The predicted molar refractivity (Wildman–Crippen MR) is 95.9 cm³/mol. The third kappa shape index (κ3) is 6.36. The molecule has 0 aromatic heterocycles. The zero-order valence-electron chi connectivity index (χ0n) is 15.0. The lowest BCUT2D eigenvalue weighted by molar-refractivity contribution is -0.123. The molecular weight excluding hydrogens is 322 g/mol. The van der Waals surface area contributed by atoms with Gasteiger partial charge >= 0.3 is 0 Å². The molecule has 1 heterocycles. The first-order chi connectivity index (χ1) is 12.1. The molecule has 0 spiro atoms. The topological polar surface area (TPSA) is 71.1 Å². The molecule has 1 aromatic carbocycles. The quantitative estimate of drug-likeness (QED) is 0.755. The van der Waals surface area contributed by atoms with E-state index in [0.29, 0.717) is 18.8 Å². The number of carbonyl (C=O) groups excluding carboxylic acids is 2. The number of anilines is 1. The van der Waals surface area contributed by atoms with Crippen LogP contribution in [0.4, 0.5) is 5.69 Å². The summed E-state index contributed by atoms with van der Waals surface area (Å²) in [7, 11) is 0. The van der Waals surface area contributed by atoms with E-state index in [-0.39, 0.29) is 18.4 Å². The van der Waals surface area contributed by atoms with Gasteiger partial charge in [-0.3, -0.25) is 14.5 Å². The van der Waals surface area contributed by atoms with E-state index in [1.54, 1.807) is 24.3 Å². The number of morpholine rings is 1. The van der Waals surface area contributed by atoms with Crippen LogP contribution in [-0.2, 0) is 14.3 Å². The second kappa shape index (κ2) is 10.0. The van der Waals surface area contributed by atoms with Crippen LogP contribution < -0.4 is 15.0 Å². The van der Waals surface area contributed by atoms with Crippen molar-refractivity contribution in [2.75, 3.05) is 57.4 Å². The molecular formula is C18H27N3O4. The highest BCUT2D eigenvalue weighted by Crippen LogP contribution is 2.19. The van der Waals surface area contributed by atoms with Gasteiger partial charge in [0.2, 0.25) is 11.8 Å². The number of nitrogens with one attached hydrogen (secondary N) is 1. The van der Waals surface area contributed by atoms with Gasteiger partial charge in [-0.2, -0.15) is 0 Å². The zero-order valence-corrected chi connectivity index (χ0v) is 15.0. The largest absolute Gasteiger partial charge is 0.494 e. The Morgan fingerprint density at radius 2 is 1.92 bits per heavy atom. The predicted octanol–water partition coefficient (Wildman–Crippen LogP) is 0.887. The van der Waals surface area contributed by atoms with Crippen molar-refractivity contribution in [2.24, 2.45) is 0 Å². The molecule has 25 heavy (non-hydrogen) atoms. The van der Waals surface area contributed by atoms with E-state index in [2.05, 4.69) is 10.2 Å². The van der Waals surface area contributed by atoms with Crippen molar-refractivity contribution in [3.8, 4) is 5.75 Å². The number of hydrogen-bond donors (Lipinski definition) is 1. The fourth-order valence-electron chi connectivity index (χ4n) is 2.65. The van der Waals surface area contributed by atoms with Gasteiger partial charge in [-0.1, -0.05) is 0 Å². The first kappa shape index (κ1) is 19.2. The summed E-state index contributed by atoms with van der Waals surface area (Å²) in [6.07, 6.45) is 0. The van der Waals surface area contributed by atoms with Gasteiger partial charge in [-0.05, 0) is 31.2 Å². The van der Waals surface area contributed by atoms with E-state index in [1.807, 2.05) is 6.92 Å². The fraction of sp³-hybridized carbons (Fsp3) is 0.556. The molecule has 1 fully saturated rings. The molecule has 0 atom stereocenters. The van der Waals surface area contributed by atoms with Crippen LogP contribution in [0.1, 0.15) is 13.8 Å². The van der Waals surface area contributed by atoms with E-state index < -0.39 is 0 Å². The van der Waals surface area contributed by atoms with Crippen molar-refractivity contribution in [2.45, 2.75) is 13.8 Å². The van der Waals surface area contributed by atoms with Crippen LogP contribution in [-0.4, -0.2) is 69.3 Å². The maximum atomic E-state index is 12.2. The molecule has 2 amide bonds. The van der Waals surface area contributed by atoms with Gasteiger partial charge in [-0.25, -0.2) is 0 Å². The summed E-state index contributed by atoms with van der Waals surface area (Å²) in [5.41, 5.74) is 0.680. The maximum absolute atomic E-state index is 12.2. The molecule has 7 nitrogen and oxygen atoms in total. The Labute approximate surface area is 148 Å². The Hall–Kier alpha value is -2.12. The van der Waals surface area contributed by atoms with E-state index in [9.17, 15) is 9.59 Å². The number of hydrogen-bond acceptors (Lipinski definition) is 5. The van der Waals surface area contributed by atoms with Crippen molar-refractivity contribution in [3.05, 3.63) is 24.3 Å². The highest BCUT2D eigenvalue weighted by atomic mass is 16.5. The SMILES string of the molecule is CCOc1ccc(N(CC(=O)NCCN2CCOCC2)C(C)=O)cc1. The molecule has 1 aromatic rings. The Bertz CT molecular complexity index is 556. The summed E-state index contributed by atoms with van der Waals surface area (Å²) in [4.78, 5) is 27.8. The molecule has 2 rings (SSSR count). The van der Waals surface area contributed by atoms with Crippen LogP contribution in [0.5, 0.6) is 5.75 Å². The summed E-state index contributed by atoms with van der Waals surface area (Å²) in [6, 6.07) is 7.16.